The lowest BCUT2D eigenvalue weighted by atomic mass is 10.2. The lowest BCUT2D eigenvalue weighted by Gasteiger charge is -2.09. The summed E-state index contributed by atoms with van der Waals surface area (Å²) in [7, 11) is 0. The Morgan fingerprint density at radius 3 is 2.79 bits per heavy atom. The minimum absolute atomic E-state index is 0.0525. The molecular formula is C9H13F3N4O3. The third-order valence-electron chi connectivity index (χ3n) is 2.21. The van der Waals surface area contributed by atoms with Gasteiger partial charge in [-0.3, -0.25) is 4.79 Å². The highest BCUT2D eigenvalue weighted by Crippen LogP contribution is 2.14. The van der Waals surface area contributed by atoms with Crippen molar-refractivity contribution < 1.29 is 27.8 Å². The maximum atomic E-state index is 11.8. The number of halogens is 3. The Morgan fingerprint density at radius 1 is 1.53 bits per heavy atom. The molecule has 108 valence electrons. The van der Waals surface area contributed by atoms with E-state index in [2.05, 4.69) is 20.3 Å². The zero-order valence-electron chi connectivity index (χ0n) is 10.1. The molecule has 1 aromatic heterocycles. The normalized spacial score (nSPS) is 13.5. The molecule has 19 heavy (non-hydrogen) atoms. The Hall–Kier alpha value is -1.71. The van der Waals surface area contributed by atoms with Crippen LogP contribution in [-0.2, 0) is 22.5 Å². The van der Waals surface area contributed by atoms with Crippen LogP contribution < -0.4 is 0 Å². The molecule has 0 amide bonds. The molecule has 0 saturated heterocycles. The molecule has 0 bridgehead atoms. The topological polar surface area (TPSA) is 90.1 Å². The van der Waals surface area contributed by atoms with Gasteiger partial charge < -0.3 is 9.84 Å². The Kier molecular flexibility index (Phi) is 5.21. The van der Waals surface area contributed by atoms with Gasteiger partial charge in [-0.05, 0) is 10.4 Å². The van der Waals surface area contributed by atoms with Gasteiger partial charge in [0.1, 0.15) is 6.61 Å². The number of aromatic nitrogens is 4. The molecule has 1 atom stereocenters. The Labute approximate surface area is 106 Å². The van der Waals surface area contributed by atoms with Gasteiger partial charge in [-0.15, -0.1) is 5.10 Å². The molecule has 1 rings (SSSR count). The van der Waals surface area contributed by atoms with E-state index in [0.29, 0.717) is 0 Å². The van der Waals surface area contributed by atoms with Crippen molar-refractivity contribution >= 4 is 5.97 Å². The molecule has 7 nitrogen and oxygen atoms in total. The van der Waals surface area contributed by atoms with Gasteiger partial charge in [0.05, 0.1) is 19.1 Å². The molecule has 0 aromatic carbocycles. The van der Waals surface area contributed by atoms with Crippen molar-refractivity contribution in [3.63, 3.8) is 0 Å². The number of tetrazole rings is 1. The van der Waals surface area contributed by atoms with Crippen LogP contribution in [0, 0.1) is 5.92 Å². The summed E-state index contributed by atoms with van der Waals surface area (Å²) in [6, 6.07) is 0. The summed E-state index contributed by atoms with van der Waals surface area (Å²) in [5, 5.41) is 19.3. The molecule has 0 spiro atoms. The van der Waals surface area contributed by atoms with Gasteiger partial charge in [0.25, 0.3) is 0 Å². The maximum Gasteiger partial charge on any atom is 0.411 e. The van der Waals surface area contributed by atoms with Crippen molar-refractivity contribution in [2.75, 3.05) is 13.2 Å². The van der Waals surface area contributed by atoms with Crippen molar-refractivity contribution in [2.24, 2.45) is 5.92 Å². The first-order chi connectivity index (χ1) is 8.79. The van der Waals surface area contributed by atoms with Crippen LogP contribution in [0.4, 0.5) is 13.2 Å². The van der Waals surface area contributed by atoms with Crippen molar-refractivity contribution in [1.29, 1.82) is 0 Å². The summed E-state index contributed by atoms with van der Waals surface area (Å²) in [6.07, 6.45) is -4.29. The highest BCUT2D eigenvalue weighted by atomic mass is 19.4. The number of ether oxygens (including phenoxy) is 1. The number of hydrogen-bond acceptors (Lipinski definition) is 5. The number of nitrogens with zero attached hydrogens (tertiary/aromatic N) is 4. The van der Waals surface area contributed by atoms with E-state index in [1.807, 2.05) is 0 Å². The zero-order chi connectivity index (χ0) is 14.5. The van der Waals surface area contributed by atoms with Crippen molar-refractivity contribution in [3.8, 4) is 0 Å². The first-order valence-corrected chi connectivity index (χ1v) is 5.42. The van der Waals surface area contributed by atoms with E-state index in [9.17, 15) is 18.0 Å². The molecule has 1 heterocycles. The van der Waals surface area contributed by atoms with E-state index < -0.39 is 24.7 Å². The highest BCUT2D eigenvalue weighted by molar-refractivity contribution is 5.69. The second kappa shape index (κ2) is 6.45. The number of hydrogen-bond donors (Lipinski definition) is 1. The van der Waals surface area contributed by atoms with Gasteiger partial charge in [0, 0.05) is 6.42 Å². The first-order valence-electron chi connectivity index (χ1n) is 5.42. The number of alkyl halides is 3. The molecule has 1 aromatic rings. The number of carboxylic acids is 1. The first kappa shape index (κ1) is 15.3. The van der Waals surface area contributed by atoms with E-state index in [1.165, 1.54) is 11.6 Å². The average Bonchev–Trinajstić information content (AvgIpc) is 2.70. The SMILES string of the molecule is CC(Cn1nnnc1CCOCC(F)(F)F)C(=O)O. The largest absolute Gasteiger partial charge is 0.481 e. The molecule has 0 aliphatic heterocycles. The summed E-state index contributed by atoms with van der Waals surface area (Å²) in [5.41, 5.74) is 0. The van der Waals surface area contributed by atoms with Crippen LogP contribution in [0.15, 0.2) is 0 Å². The minimum atomic E-state index is -4.37. The third-order valence-corrected chi connectivity index (χ3v) is 2.21. The Bertz CT molecular complexity index is 421. The van der Waals surface area contributed by atoms with Gasteiger partial charge in [-0.1, -0.05) is 6.92 Å². The average molecular weight is 282 g/mol. The molecule has 0 saturated carbocycles. The second-order valence-corrected chi connectivity index (χ2v) is 3.93. The predicted octanol–water partition coefficient (Wildman–Crippen LogP) is 0.515. The summed E-state index contributed by atoms with van der Waals surface area (Å²) in [5.74, 6) is -1.41. The molecular weight excluding hydrogens is 269 g/mol. The van der Waals surface area contributed by atoms with Crippen LogP contribution in [0.25, 0.3) is 0 Å². The summed E-state index contributed by atoms with van der Waals surface area (Å²) in [4.78, 5) is 10.7. The quantitative estimate of drug-likeness (QED) is 0.733. The van der Waals surface area contributed by atoms with Crippen LogP contribution in [0.2, 0.25) is 0 Å². The van der Waals surface area contributed by atoms with Crippen LogP contribution in [-0.4, -0.2) is 50.7 Å². The number of carbonyl (C=O) groups is 1. The maximum absolute atomic E-state index is 11.8. The van der Waals surface area contributed by atoms with Crippen LogP contribution >= 0.6 is 0 Å². The smallest absolute Gasteiger partial charge is 0.411 e. The van der Waals surface area contributed by atoms with E-state index in [1.54, 1.807) is 0 Å². The fourth-order valence-electron chi connectivity index (χ4n) is 1.23. The Balaban J connectivity index is 2.43. The van der Waals surface area contributed by atoms with Gasteiger partial charge in [0.15, 0.2) is 5.82 Å². The van der Waals surface area contributed by atoms with Gasteiger partial charge in [-0.25, -0.2) is 4.68 Å². The highest BCUT2D eigenvalue weighted by Gasteiger charge is 2.27. The van der Waals surface area contributed by atoms with E-state index >= 15 is 0 Å². The number of rotatable bonds is 7. The van der Waals surface area contributed by atoms with Gasteiger partial charge in [-0.2, -0.15) is 13.2 Å². The standard InChI is InChI=1S/C9H13F3N4O3/c1-6(8(17)18)4-16-7(13-14-15-16)2-3-19-5-9(10,11)12/h6H,2-5H2,1H3,(H,17,18). The predicted molar refractivity (Wildman–Crippen MR) is 55.2 cm³/mol. The molecule has 0 fully saturated rings. The molecule has 10 heteroatoms. The molecule has 0 aliphatic rings. The molecule has 1 N–H and O–H groups in total. The van der Waals surface area contributed by atoms with Gasteiger partial charge >= 0.3 is 12.1 Å². The second-order valence-electron chi connectivity index (χ2n) is 3.93. The lowest BCUT2D eigenvalue weighted by molar-refractivity contribution is -0.173. The number of carboxylic acid groups (broad SMARTS) is 1. The summed E-state index contributed by atoms with van der Waals surface area (Å²) < 4.78 is 41.2. The molecule has 1 unspecified atom stereocenters. The van der Waals surface area contributed by atoms with E-state index in [4.69, 9.17) is 5.11 Å². The van der Waals surface area contributed by atoms with Crippen LogP contribution in [0.3, 0.4) is 0 Å². The van der Waals surface area contributed by atoms with Gasteiger partial charge in [0.2, 0.25) is 0 Å². The minimum Gasteiger partial charge on any atom is -0.481 e. The third kappa shape index (κ3) is 5.64. The summed E-state index contributed by atoms with van der Waals surface area (Å²) >= 11 is 0. The lowest BCUT2D eigenvalue weighted by Crippen LogP contribution is -2.21. The van der Waals surface area contributed by atoms with E-state index in [-0.39, 0.29) is 25.4 Å². The summed E-state index contributed by atoms with van der Waals surface area (Å²) in [6.45, 7) is 0.00626. The molecule has 0 aliphatic carbocycles. The van der Waals surface area contributed by atoms with Crippen molar-refractivity contribution in [1.82, 2.24) is 20.2 Å². The fourth-order valence-corrected chi connectivity index (χ4v) is 1.23. The monoisotopic (exact) mass is 282 g/mol. The fraction of sp³-hybridized carbons (Fsp3) is 0.778. The van der Waals surface area contributed by atoms with Crippen molar-refractivity contribution in [2.45, 2.75) is 26.1 Å². The van der Waals surface area contributed by atoms with Crippen molar-refractivity contribution in [3.05, 3.63) is 5.82 Å². The van der Waals surface area contributed by atoms with E-state index in [0.717, 1.165) is 0 Å². The number of aliphatic carboxylic acids is 1. The van der Waals surface area contributed by atoms with Crippen LogP contribution in [0.5, 0.6) is 0 Å². The van der Waals surface area contributed by atoms with Crippen LogP contribution in [0.1, 0.15) is 12.7 Å². The Morgan fingerprint density at radius 2 is 2.21 bits per heavy atom. The zero-order valence-corrected chi connectivity index (χ0v) is 10.1. The molecule has 0 radical (unpaired) electrons.